The number of rotatable bonds is 5. The number of fused-ring (bicyclic) bond motifs is 2. The Bertz CT molecular complexity index is 531. The van der Waals surface area contributed by atoms with Crippen molar-refractivity contribution in [2.75, 3.05) is 20.6 Å². The molecule has 2 bridgehead atoms. The van der Waals surface area contributed by atoms with Crippen molar-refractivity contribution < 1.29 is 4.79 Å². The number of amides is 1. The fraction of sp³-hybridized carbons (Fsp3) is 0.632. The third-order valence-corrected chi connectivity index (χ3v) is 5.58. The average Bonchev–Trinajstić information content (AvgIpc) is 2.54. The lowest BCUT2D eigenvalue weighted by Crippen LogP contribution is -2.55. The van der Waals surface area contributed by atoms with Crippen LogP contribution in [0.4, 0.5) is 0 Å². The van der Waals surface area contributed by atoms with Crippen LogP contribution in [0.15, 0.2) is 24.3 Å². The smallest absolute Gasteiger partial charge is 0.251 e. The summed E-state index contributed by atoms with van der Waals surface area (Å²) in [5.41, 5.74) is 1.97. The van der Waals surface area contributed by atoms with Gasteiger partial charge >= 0.3 is 0 Å². The van der Waals surface area contributed by atoms with Gasteiger partial charge in [-0.3, -0.25) is 4.79 Å². The lowest BCUT2D eigenvalue weighted by molar-refractivity contribution is 0.0463. The number of likely N-dealkylation sites (N-methyl/N-ethyl adjacent to an activating group) is 1. The van der Waals surface area contributed by atoms with Gasteiger partial charge in [0.15, 0.2) is 0 Å². The summed E-state index contributed by atoms with van der Waals surface area (Å²) in [6.07, 6.45) is 6.97. The first-order valence-electron chi connectivity index (χ1n) is 8.94. The monoisotopic (exact) mass is 315 g/mol. The van der Waals surface area contributed by atoms with Crippen molar-refractivity contribution >= 4 is 5.91 Å². The van der Waals surface area contributed by atoms with Crippen molar-refractivity contribution in [2.45, 2.75) is 56.7 Å². The highest BCUT2D eigenvalue weighted by atomic mass is 16.1. The second kappa shape index (κ2) is 7.45. The molecule has 2 heterocycles. The van der Waals surface area contributed by atoms with Crippen LogP contribution in [0.25, 0.3) is 0 Å². The van der Waals surface area contributed by atoms with Crippen molar-refractivity contribution in [3.8, 4) is 0 Å². The van der Waals surface area contributed by atoms with E-state index in [0.29, 0.717) is 18.1 Å². The van der Waals surface area contributed by atoms with Gasteiger partial charge in [0.1, 0.15) is 0 Å². The zero-order chi connectivity index (χ0) is 16.2. The molecule has 4 nitrogen and oxygen atoms in total. The van der Waals surface area contributed by atoms with E-state index in [1.165, 1.54) is 19.3 Å². The Morgan fingerprint density at radius 3 is 2.61 bits per heavy atom. The highest BCUT2D eigenvalue weighted by Gasteiger charge is 2.36. The molecule has 2 fully saturated rings. The predicted octanol–water partition coefficient (Wildman–Crippen LogP) is 2.19. The molecule has 1 amide bonds. The average molecular weight is 315 g/mol. The van der Waals surface area contributed by atoms with Gasteiger partial charge in [-0.05, 0) is 64.4 Å². The number of hydrogen-bond donors (Lipinski definition) is 2. The van der Waals surface area contributed by atoms with E-state index >= 15 is 0 Å². The van der Waals surface area contributed by atoms with Gasteiger partial charge in [0.25, 0.3) is 5.91 Å². The van der Waals surface area contributed by atoms with Crippen molar-refractivity contribution in [1.29, 1.82) is 0 Å². The number of carbonyl (C=O) groups excluding carboxylic acids is 1. The molecule has 0 aromatic heterocycles. The molecule has 0 saturated carbocycles. The molecule has 3 rings (SSSR count). The van der Waals surface area contributed by atoms with Crippen molar-refractivity contribution in [1.82, 2.24) is 15.5 Å². The van der Waals surface area contributed by atoms with Gasteiger partial charge in [0, 0.05) is 23.7 Å². The summed E-state index contributed by atoms with van der Waals surface area (Å²) in [5.74, 6) is 0.101. The minimum absolute atomic E-state index is 0.101. The highest BCUT2D eigenvalue weighted by molar-refractivity contribution is 5.95. The van der Waals surface area contributed by atoms with E-state index in [2.05, 4.69) is 28.6 Å². The first-order valence-corrected chi connectivity index (χ1v) is 8.94. The SMILES string of the molecule is CNCCc1ccccc1C(=O)NC1CC2CCCC(C1)N2C. The summed E-state index contributed by atoms with van der Waals surface area (Å²) in [6.45, 7) is 0.892. The molecule has 2 aliphatic rings. The standard InChI is InChI=1S/C19H29N3O/c1-20-11-10-14-6-3-4-9-18(14)19(23)21-15-12-16-7-5-8-17(13-15)22(16)2/h3-4,6,9,15-17,20H,5,7-8,10-13H2,1-2H3,(H,21,23). The quantitative estimate of drug-likeness (QED) is 0.875. The third-order valence-electron chi connectivity index (χ3n) is 5.58. The van der Waals surface area contributed by atoms with E-state index in [-0.39, 0.29) is 5.91 Å². The van der Waals surface area contributed by atoms with E-state index in [9.17, 15) is 4.79 Å². The maximum absolute atomic E-state index is 12.8. The number of nitrogens with zero attached hydrogens (tertiary/aromatic N) is 1. The van der Waals surface area contributed by atoms with Crippen LogP contribution < -0.4 is 10.6 Å². The van der Waals surface area contributed by atoms with Crippen molar-refractivity contribution in [2.24, 2.45) is 0 Å². The zero-order valence-corrected chi connectivity index (χ0v) is 14.3. The van der Waals surface area contributed by atoms with Crippen LogP contribution in [-0.4, -0.2) is 49.6 Å². The molecule has 2 unspecified atom stereocenters. The third kappa shape index (κ3) is 3.75. The van der Waals surface area contributed by atoms with Gasteiger partial charge in [-0.25, -0.2) is 0 Å². The fourth-order valence-electron chi connectivity index (χ4n) is 4.22. The first kappa shape index (κ1) is 16.5. The van der Waals surface area contributed by atoms with Crippen LogP contribution in [0.2, 0.25) is 0 Å². The highest BCUT2D eigenvalue weighted by Crippen LogP contribution is 2.32. The second-order valence-corrected chi connectivity index (χ2v) is 7.06. The number of carbonyl (C=O) groups is 1. The van der Waals surface area contributed by atoms with Crippen LogP contribution in [0, 0.1) is 0 Å². The summed E-state index contributed by atoms with van der Waals surface area (Å²) in [4.78, 5) is 15.3. The van der Waals surface area contributed by atoms with E-state index in [1.54, 1.807) is 0 Å². The Morgan fingerprint density at radius 1 is 1.22 bits per heavy atom. The number of piperidine rings is 2. The van der Waals surface area contributed by atoms with Crippen molar-refractivity contribution in [3.63, 3.8) is 0 Å². The maximum atomic E-state index is 12.8. The zero-order valence-electron chi connectivity index (χ0n) is 14.3. The van der Waals surface area contributed by atoms with Crippen LogP contribution in [0.1, 0.15) is 48.0 Å². The van der Waals surface area contributed by atoms with E-state index in [4.69, 9.17) is 0 Å². The first-order chi connectivity index (χ1) is 11.2. The summed E-state index contributed by atoms with van der Waals surface area (Å²) in [6, 6.07) is 9.61. The molecule has 23 heavy (non-hydrogen) atoms. The molecule has 1 aromatic rings. The van der Waals surface area contributed by atoms with Crippen LogP contribution in [0.3, 0.4) is 0 Å². The van der Waals surface area contributed by atoms with Crippen molar-refractivity contribution in [3.05, 3.63) is 35.4 Å². The van der Waals surface area contributed by atoms with Gasteiger partial charge in [0.05, 0.1) is 0 Å². The molecule has 0 radical (unpaired) electrons. The van der Waals surface area contributed by atoms with Crippen LogP contribution >= 0.6 is 0 Å². The maximum Gasteiger partial charge on any atom is 0.251 e. The molecule has 1 aromatic carbocycles. The largest absolute Gasteiger partial charge is 0.349 e. The molecule has 4 heteroatoms. The van der Waals surface area contributed by atoms with Gasteiger partial charge < -0.3 is 15.5 Å². The predicted molar refractivity (Wildman–Crippen MR) is 93.8 cm³/mol. The Morgan fingerprint density at radius 2 is 1.91 bits per heavy atom. The Balaban J connectivity index is 1.65. The minimum Gasteiger partial charge on any atom is -0.349 e. The molecule has 2 aliphatic heterocycles. The minimum atomic E-state index is 0.101. The van der Waals surface area contributed by atoms with Gasteiger partial charge in [0.2, 0.25) is 0 Å². The number of benzene rings is 1. The van der Waals surface area contributed by atoms with Gasteiger partial charge in [-0.1, -0.05) is 24.6 Å². The Hall–Kier alpha value is -1.39. The van der Waals surface area contributed by atoms with Crippen LogP contribution in [0.5, 0.6) is 0 Å². The number of hydrogen-bond acceptors (Lipinski definition) is 3. The Kier molecular flexibility index (Phi) is 5.34. The Labute approximate surface area is 139 Å². The molecular weight excluding hydrogens is 286 g/mol. The molecule has 2 saturated heterocycles. The van der Waals surface area contributed by atoms with Crippen LogP contribution in [-0.2, 0) is 6.42 Å². The lowest BCUT2D eigenvalue weighted by Gasteiger charge is -2.47. The van der Waals surface area contributed by atoms with E-state index in [1.807, 2.05) is 25.2 Å². The summed E-state index contributed by atoms with van der Waals surface area (Å²) in [7, 11) is 4.19. The van der Waals surface area contributed by atoms with E-state index < -0.39 is 0 Å². The molecule has 126 valence electrons. The molecule has 2 N–H and O–H groups in total. The molecule has 0 aliphatic carbocycles. The summed E-state index contributed by atoms with van der Waals surface area (Å²) in [5, 5.41) is 6.47. The molecular formula is C19H29N3O. The summed E-state index contributed by atoms with van der Waals surface area (Å²) < 4.78 is 0. The lowest BCUT2D eigenvalue weighted by atomic mass is 9.82. The summed E-state index contributed by atoms with van der Waals surface area (Å²) >= 11 is 0. The molecule has 0 spiro atoms. The number of nitrogens with one attached hydrogen (secondary N) is 2. The second-order valence-electron chi connectivity index (χ2n) is 7.06. The molecule has 2 atom stereocenters. The van der Waals surface area contributed by atoms with Gasteiger partial charge in [-0.15, -0.1) is 0 Å². The normalized spacial score (nSPS) is 27.7. The van der Waals surface area contributed by atoms with E-state index in [0.717, 1.165) is 36.9 Å². The topological polar surface area (TPSA) is 44.4 Å². The van der Waals surface area contributed by atoms with Gasteiger partial charge in [-0.2, -0.15) is 0 Å². The fourth-order valence-corrected chi connectivity index (χ4v) is 4.22.